The first-order chi connectivity index (χ1) is 17.4. The van der Waals surface area contributed by atoms with E-state index in [-0.39, 0.29) is 47.9 Å². The lowest BCUT2D eigenvalue weighted by atomic mass is 9.99. The quantitative estimate of drug-likeness (QED) is 0.402. The maximum Gasteiger partial charge on any atom is 0.414 e. The molecule has 3 aromatic heterocycles. The minimum absolute atomic E-state index is 0.0160. The molecule has 10 nitrogen and oxygen atoms in total. The van der Waals surface area contributed by atoms with Crippen molar-refractivity contribution in [2.45, 2.75) is 65.0 Å². The van der Waals surface area contributed by atoms with E-state index in [1.807, 2.05) is 13.8 Å². The van der Waals surface area contributed by atoms with Crippen molar-refractivity contribution in [2.75, 3.05) is 18.1 Å². The number of furan rings is 1. The number of Topliss-reactive ketones (excluding diaryl/α,β-unsaturated/α-hetero) is 1. The van der Waals surface area contributed by atoms with Crippen LogP contribution in [0.1, 0.15) is 69.0 Å². The normalized spacial score (nSPS) is 17.6. The van der Waals surface area contributed by atoms with E-state index in [1.54, 1.807) is 37.1 Å². The number of amides is 1. The average molecular weight is 494 g/mol. The predicted molar refractivity (Wildman–Crippen MR) is 133 cm³/mol. The molecular formula is C26H31N5O5. The summed E-state index contributed by atoms with van der Waals surface area (Å²) in [7, 11) is 1.77. The summed E-state index contributed by atoms with van der Waals surface area (Å²) in [4.78, 5) is 33.0. The number of hydrogen-bond donors (Lipinski definition) is 0. The van der Waals surface area contributed by atoms with E-state index >= 15 is 0 Å². The summed E-state index contributed by atoms with van der Waals surface area (Å²) in [6.07, 6.45) is 5.62. The van der Waals surface area contributed by atoms with Crippen LogP contribution in [0.2, 0.25) is 0 Å². The Balaban J connectivity index is 1.98. The molecule has 0 saturated carbocycles. The summed E-state index contributed by atoms with van der Waals surface area (Å²) >= 11 is 0. The van der Waals surface area contributed by atoms with Gasteiger partial charge in [-0.15, -0.1) is 0 Å². The molecule has 3 aromatic rings. The van der Waals surface area contributed by atoms with Crippen LogP contribution in [-0.2, 0) is 16.5 Å². The van der Waals surface area contributed by atoms with Gasteiger partial charge in [-0.2, -0.15) is 10.4 Å². The molecule has 1 aliphatic heterocycles. The zero-order valence-corrected chi connectivity index (χ0v) is 21.1. The second-order valence-electron chi connectivity index (χ2n) is 8.85. The van der Waals surface area contributed by atoms with Gasteiger partial charge in [0.2, 0.25) is 0 Å². The minimum Gasteiger partial charge on any atom is -0.449 e. The van der Waals surface area contributed by atoms with Gasteiger partial charge in [-0.1, -0.05) is 13.8 Å². The van der Waals surface area contributed by atoms with E-state index in [2.05, 4.69) is 11.2 Å². The van der Waals surface area contributed by atoms with Crippen LogP contribution in [0.15, 0.2) is 22.9 Å². The average Bonchev–Trinajstić information content (AvgIpc) is 3.47. The number of anilines is 1. The highest BCUT2D eigenvalue weighted by molar-refractivity contribution is 6.11. The molecule has 0 aliphatic carbocycles. The van der Waals surface area contributed by atoms with Gasteiger partial charge in [0.15, 0.2) is 17.1 Å². The lowest BCUT2D eigenvalue weighted by Crippen LogP contribution is -2.46. The van der Waals surface area contributed by atoms with Crippen molar-refractivity contribution in [3.05, 3.63) is 29.8 Å². The van der Waals surface area contributed by atoms with Crippen molar-refractivity contribution < 1.29 is 23.5 Å². The predicted octanol–water partition coefficient (Wildman–Crippen LogP) is 5.00. The molecule has 2 atom stereocenters. The zero-order valence-electron chi connectivity index (χ0n) is 21.1. The summed E-state index contributed by atoms with van der Waals surface area (Å²) in [6, 6.07) is 3.46. The molecule has 36 heavy (non-hydrogen) atoms. The molecule has 10 heteroatoms. The molecule has 0 N–H and O–H groups in total. The van der Waals surface area contributed by atoms with Crippen molar-refractivity contribution in [1.82, 2.24) is 14.8 Å². The first kappa shape index (κ1) is 25.4. The molecule has 0 bridgehead atoms. The number of nitrogens with zero attached hydrogens (tertiary/aromatic N) is 5. The number of carbonyl (C=O) groups excluding carboxylic acids is 2. The maximum absolute atomic E-state index is 13.4. The highest BCUT2D eigenvalue weighted by Gasteiger charge is 2.38. The summed E-state index contributed by atoms with van der Waals surface area (Å²) in [5.74, 6) is -0.181. The van der Waals surface area contributed by atoms with Crippen molar-refractivity contribution in [1.29, 1.82) is 5.26 Å². The van der Waals surface area contributed by atoms with E-state index in [0.717, 1.165) is 6.42 Å². The van der Waals surface area contributed by atoms with Gasteiger partial charge in [0.1, 0.15) is 17.3 Å². The van der Waals surface area contributed by atoms with E-state index in [1.165, 1.54) is 4.90 Å². The van der Waals surface area contributed by atoms with Gasteiger partial charge in [-0.05, 0) is 32.6 Å². The Morgan fingerprint density at radius 2 is 2.14 bits per heavy atom. The second-order valence-corrected chi connectivity index (χ2v) is 8.85. The fourth-order valence-electron chi connectivity index (χ4n) is 4.61. The van der Waals surface area contributed by atoms with E-state index in [9.17, 15) is 14.9 Å². The first-order valence-electron chi connectivity index (χ1n) is 12.4. The van der Waals surface area contributed by atoms with Crippen LogP contribution in [0.5, 0.6) is 0 Å². The van der Waals surface area contributed by atoms with E-state index < -0.39 is 6.09 Å². The number of rotatable bonds is 8. The highest BCUT2D eigenvalue weighted by Crippen LogP contribution is 2.40. The van der Waals surface area contributed by atoms with Gasteiger partial charge < -0.3 is 13.9 Å². The van der Waals surface area contributed by atoms with Crippen LogP contribution in [-0.4, -0.2) is 52.0 Å². The largest absolute Gasteiger partial charge is 0.449 e. The van der Waals surface area contributed by atoms with Crippen LogP contribution >= 0.6 is 0 Å². The Morgan fingerprint density at radius 1 is 1.33 bits per heavy atom. The fourth-order valence-corrected chi connectivity index (χ4v) is 4.61. The highest BCUT2D eigenvalue weighted by atomic mass is 16.6. The molecule has 190 valence electrons. The zero-order chi connectivity index (χ0) is 25.8. The van der Waals surface area contributed by atoms with Crippen LogP contribution in [0.3, 0.4) is 0 Å². The monoisotopic (exact) mass is 493 g/mol. The van der Waals surface area contributed by atoms with Gasteiger partial charge in [-0.3, -0.25) is 14.4 Å². The summed E-state index contributed by atoms with van der Waals surface area (Å²) < 4.78 is 19.0. The van der Waals surface area contributed by atoms with E-state index in [4.69, 9.17) is 18.9 Å². The molecule has 0 aromatic carbocycles. The number of ether oxygens (including phenoxy) is 2. The number of pyridine rings is 1. The van der Waals surface area contributed by atoms with Crippen molar-refractivity contribution in [3.8, 4) is 17.3 Å². The third-order valence-corrected chi connectivity index (χ3v) is 6.33. The molecule has 0 unspecified atom stereocenters. The standard InChI is InChI=1S/C26H31N5O5/c1-5-8-20(32)25-24(31(26(33)34-7-3)18-9-10-35-19(6-2)12-18)23-21(36-25)11-16(13-27)22(29-23)17-14-28-30(4)15-17/h11,14-15,18-19H,5-10,12H2,1-4H3/t18-,19-/m0/s1. The van der Waals surface area contributed by atoms with Gasteiger partial charge >= 0.3 is 6.09 Å². The number of aryl methyl sites for hydroxylation is 1. The first-order valence-corrected chi connectivity index (χ1v) is 12.4. The van der Waals surface area contributed by atoms with Gasteiger partial charge in [0, 0.05) is 43.9 Å². The fraction of sp³-hybridized carbons (Fsp3) is 0.500. The van der Waals surface area contributed by atoms with Crippen molar-refractivity contribution >= 4 is 28.7 Å². The summed E-state index contributed by atoms with van der Waals surface area (Å²) in [6.45, 7) is 6.34. The molecule has 4 heterocycles. The number of hydrogen-bond acceptors (Lipinski definition) is 8. The number of aromatic nitrogens is 3. The van der Waals surface area contributed by atoms with Crippen molar-refractivity contribution in [2.24, 2.45) is 7.05 Å². The minimum atomic E-state index is -0.568. The summed E-state index contributed by atoms with van der Waals surface area (Å²) in [5, 5.41) is 14.0. The molecule has 1 fully saturated rings. The molecule has 1 saturated heterocycles. The summed E-state index contributed by atoms with van der Waals surface area (Å²) in [5.41, 5.74) is 2.21. The van der Waals surface area contributed by atoms with Crippen LogP contribution in [0, 0.1) is 11.3 Å². The third kappa shape index (κ3) is 4.84. The molecule has 4 rings (SSSR count). The number of ketones is 1. The lowest BCUT2D eigenvalue weighted by molar-refractivity contribution is 0.00467. The Kier molecular flexibility index (Phi) is 7.70. The van der Waals surface area contributed by atoms with Crippen LogP contribution < -0.4 is 4.90 Å². The smallest absolute Gasteiger partial charge is 0.414 e. The van der Waals surface area contributed by atoms with Gasteiger partial charge in [-0.25, -0.2) is 9.78 Å². The Morgan fingerprint density at radius 3 is 2.78 bits per heavy atom. The second kappa shape index (κ2) is 10.9. The molecule has 1 aliphatic rings. The molecular weight excluding hydrogens is 462 g/mol. The van der Waals surface area contributed by atoms with E-state index in [0.29, 0.717) is 48.3 Å². The molecule has 0 spiro atoms. The molecule has 1 amide bonds. The molecule has 0 radical (unpaired) electrons. The Labute approximate surface area is 209 Å². The van der Waals surface area contributed by atoms with Crippen molar-refractivity contribution in [3.63, 3.8) is 0 Å². The third-order valence-electron chi connectivity index (χ3n) is 6.33. The van der Waals surface area contributed by atoms with Gasteiger partial charge in [0.05, 0.1) is 30.2 Å². The Hall–Kier alpha value is -3.71. The maximum atomic E-state index is 13.4. The number of nitriles is 1. The SMILES string of the molecule is CCCC(=O)c1oc2cc(C#N)c(-c3cnn(C)c3)nc2c1N(C(=O)OCC)[C@H]1CCO[C@@H](CC)C1. The van der Waals surface area contributed by atoms with Crippen LogP contribution in [0.25, 0.3) is 22.4 Å². The lowest BCUT2D eigenvalue weighted by Gasteiger charge is -2.36. The Bertz CT molecular complexity index is 1300. The number of carbonyl (C=O) groups is 2. The number of fused-ring (bicyclic) bond motifs is 1. The van der Waals surface area contributed by atoms with Gasteiger partial charge in [0.25, 0.3) is 0 Å². The van der Waals surface area contributed by atoms with Crippen LogP contribution in [0.4, 0.5) is 10.5 Å². The topological polar surface area (TPSA) is 123 Å².